The van der Waals surface area contributed by atoms with E-state index in [2.05, 4.69) is 69.2 Å². The highest BCUT2D eigenvalue weighted by atomic mass is 16.7. The van der Waals surface area contributed by atoms with Crippen molar-refractivity contribution >= 4 is 11.1 Å². The number of ether oxygens (including phenoxy) is 6. The molecule has 4 rings (SSSR count). The third kappa shape index (κ3) is 9.69. The predicted octanol–water partition coefficient (Wildman–Crippen LogP) is 9.55. The van der Waals surface area contributed by atoms with Gasteiger partial charge in [0, 0.05) is 22.0 Å². The van der Waals surface area contributed by atoms with Gasteiger partial charge < -0.3 is 38.6 Å². The van der Waals surface area contributed by atoms with Crippen molar-refractivity contribution in [3.63, 3.8) is 0 Å². The molecule has 2 fully saturated rings. The first-order valence-electron chi connectivity index (χ1n) is 18.2. The fourth-order valence-corrected chi connectivity index (χ4v) is 6.45. The van der Waals surface area contributed by atoms with Crippen LogP contribution in [0.4, 0.5) is 0 Å². The van der Waals surface area contributed by atoms with Gasteiger partial charge in [-0.3, -0.25) is 0 Å². The summed E-state index contributed by atoms with van der Waals surface area (Å²) in [6.45, 7) is 31.5. The molecule has 0 radical (unpaired) electrons. The zero-order valence-corrected chi connectivity index (χ0v) is 33.7. The van der Waals surface area contributed by atoms with E-state index in [1.807, 2.05) is 52.0 Å². The molecular weight excluding hydrogens is 644 g/mol. The Morgan fingerprint density at radius 3 is 1.24 bits per heavy atom. The molecule has 2 aliphatic heterocycles. The van der Waals surface area contributed by atoms with Crippen LogP contribution < -0.4 is 0 Å². The first kappa shape index (κ1) is 40.7. The first-order chi connectivity index (χ1) is 23.5. The monoisotopic (exact) mass is 708 g/mol. The highest BCUT2D eigenvalue weighted by Gasteiger charge is 2.48. The fourth-order valence-electron chi connectivity index (χ4n) is 6.45. The molecule has 0 bridgehead atoms. The van der Waals surface area contributed by atoms with Crippen LogP contribution >= 0.6 is 0 Å². The molecule has 284 valence electrons. The molecule has 2 heterocycles. The van der Waals surface area contributed by atoms with Crippen LogP contribution in [0.1, 0.15) is 116 Å². The molecule has 2 N–H and O–H groups in total. The van der Waals surface area contributed by atoms with Crippen LogP contribution in [-0.4, -0.2) is 62.4 Å². The van der Waals surface area contributed by atoms with Gasteiger partial charge in [0.1, 0.15) is 11.5 Å². The quantitative estimate of drug-likeness (QED) is 0.236. The maximum atomic E-state index is 10.6. The number of aromatic hydroxyl groups is 2. The van der Waals surface area contributed by atoms with E-state index in [0.717, 1.165) is 44.5 Å². The summed E-state index contributed by atoms with van der Waals surface area (Å²) < 4.78 is 37.4. The number of hydrogen-bond acceptors (Lipinski definition) is 8. The molecule has 2 aromatic carbocycles. The van der Waals surface area contributed by atoms with Gasteiger partial charge in [-0.1, -0.05) is 69.2 Å². The summed E-state index contributed by atoms with van der Waals surface area (Å²) in [6.07, 6.45) is 2.70. The van der Waals surface area contributed by atoms with Crippen LogP contribution in [0, 0.1) is 30.1 Å². The van der Waals surface area contributed by atoms with Crippen LogP contribution in [0.15, 0.2) is 36.8 Å². The molecule has 0 aliphatic carbocycles. The number of phenolic OH excluding ortho intramolecular Hbond substituents is 2. The second-order valence-corrected chi connectivity index (χ2v) is 18.5. The lowest BCUT2D eigenvalue weighted by atomic mass is 9.83. The Morgan fingerprint density at radius 1 is 0.627 bits per heavy atom. The first-order valence-corrected chi connectivity index (χ1v) is 18.2. The van der Waals surface area contributed by atoms with E-state index in [1.54, 1.807) is 12.5 Å². The molecule has 2 aromatic rings. The van der Waals surface area contributed by atoms with E-state index in [-0.39, 0.29) is 16.2 Å². The van der Waals surface area contributed by atoms with Crippen molar-refractivity contribution in [1.29, 1.82) is 0 Å². The highest BCUT2D eigenvalue weighted by Crippen LogP contribution is 2.40. The van der Waals surface area contributed by atoms with E-state index < -0.39 is 23.4 Å². The smallest absolute Gasteiger partial charge is 0.165 e. The molecule has 0 atom stereocenters. The standard InChI is InChI=1S/C43H64O8/c1-27-15-31(17-33(35(27)44)39(5,6)7)29(3)19-46-21-41(11,12)37-48-23-43(24-49-37)25-50-38(51-26-43)42(13,14)22-47-20-30(4)32-16-28(2)36(45)34(18-32)40(8,9)10/h15-20,37-38,44-45H,21-26H2,1-14H3. The van der Waals surface area contributed by atoms with Gasteiger partial charge >= 0.3 is 0 Å². The Labute approximate surface area is 307 Å². The van der Waals surface area contributed by atoms with Gasteiger partial charge in [-0.25, -0.2) is 0 Å². The van der Waals surface area contributed by atoms with Crippen molar-refractivity contribution in [2.75, 3.05) is 39.6 Å². The lowest BCUT2D eigenvalue weighted by molar-refractivity contribution is -0.337. The number of phenols is 2. The molecule has 2 aliphatic rings. The lowest BCUT2D eigenvalue weighted by Crippen LogP contribution is -2.57. The summed E-state index contributed by atoms with van der Waals surface area (Å²) in [5, 5.41) is 21.2. The zero-order valence-electron chi connectivity index (χ0n) is 33.7. The molecule has 8 heteroatoms. The summed E-state index contributed by atoms with van der Waals surface area (Å²) in [5.74, 6) is 0.700. The minimum atomic E-state index is -0.435. The Hall–Kier alpha value is -3.04. The SMILES string of the molecule is CC(=COCC(C)(C)C1OCC2(CO1)COC(C(C)(C)COC=C(C)c1cc(C)c(O)c(C(C)(C)C)c1)OC2)c1cc(C)c(O)c(C(C)(C)C)c1. The average molecular weight is 709 g/mol. The van der Waals surface area contributed by atoms with Gasteiger partial charge in [0.2, 0.25) is 0 Å². The molecule has 8 nitrogen and oxygen atoms in total. The molecular formula is C43H64O8. The minimum Gasteiger partial charge on any atom is -0.507 e. The van der Waals surface area contributed by atoms with Gasteiger partial charge in [-0.2, -0.15) is 0 Å². The van der Waals surface area contributed by atoms with Gasteiger partial charge in [-0.05, 0) is 96.2 Å². The normalized spacial score (nSPS) is 22.7. The van der Waals surface area contributed by atoms with Crippen LogP contribution in [0.3, 0.4) is 0 Å². The van der Waals surface area contributed by atoms with Crippen molar-refractivity contribution < 1.29 is 38.6 Å². The molecule has 1 spiro atoms. The number of hydrogen-bond donors (Lipinski definition) is 2. The molecule has 0 unspecified atom stereocenters. The van der Waals surface area contributed by atoms with Crippen LogP contribution in [-0.2, 0) is 39.3 Å². The van der Waals surface area contributed by atoms with E-state index >= 15 is 0 Å². The largest absolute Gasteiger partial charge is 0.507 e. The molecule has 2 saturated heterocycles. The molecule has 0 amide bonds. The average Bonchev–Trinajstić information content (AvgIpc) is 3.02. The van der Waals surface area contributed by atoms with Gasteiger partial charge in [0.15, 0.2) is 12.6 Å². The number of aryl methyl sites for hydroxylation is 2. The number of benzene rings is 2. The summed E-state index contributed by atoms with van der Waals surface area (Å²) in [6, 6.07) is 8.07. The molecule has 0 saturated carbocycles. The highest BCUT2D eigenvalue weighted by molar-refractivity contribution is 5.67. The van der Waals surface area contributed by atoms with Crippen molar-refractivity contribution in [2.24, 2.45) is 16.2 Å². The van der Waals surface area contributed by atoms with E-state index in [1.165, 1.54) is 0 Å². The maximum absolute atomic E-state index is 10.6. The Balaban J connectivity index is 1.27. The van der Waals surface area contributed by atoms with Gasteiger partial charge in [0.25, 0.3) is 0 Å². The van der Waals surface area contributed by atoms with Crippen molar-refractivity contribution in [2.45, 2.75) is 120 Å². The summed E-state index contributed by atoms with van der Waals surface area (Å²) in [4.78, 5) is 0. The third-order valence-corrected chi connectivity index (χ3v) is 10.00. The van der Waals surface area contributed by atoms with Crippen LogP contribution in [0.5, 0.6) is 11.5 Å². The van der Waals surface area contributed by atoms with Gasteiger partial charge in [0.05, 0.1) is 57.6 Å². The summed E-state index contributed by atoms with van der Waals surface area (Å²) in [5.41, 5.74) is 6.00. The Bertz CT molecular complexity index is 1460. The fraction of sp³-hybridized carbons (Fsp3) is 0.628. The summed E-state index contributed by atoms with van der Waals surface area (Å²) in [7, 11) is 0. The van der Waals surface area contributed by atoms with Crippen LogP contribution in [0.2, 0.25) is 0 Å². The third-order valence-electron chi connectivity index (χ3n) is 10.00. The zero-order chi connectivity index (χ0) is 38.2. The van der Waals surface area contributed by atoms with E-state index in [4.69, 9.17) is 28.4 Å². The van der Waals surface area contributed by atoms with Gasteiger partial charge in [-0.15, -0.1) is 0 Å². The maximum Gasteiger partial charge on any atom is 0.165 e. The number of rotatable bonds is 10. The lowest BCUT2D eigenvalue weighted by Gasteiger charge is -2.48. The Kier molecular flexibility index (Phi) is 12.1. The number of allylic oxidation sites excluding steroid dienone is 2. The van der Waals surface area contributed by atoms with Crippen molar-refractivity contribution in [1.82, 2.24) is 0 Å². The van der Waals surface area contributed by atoms with E-state index in [9.17, 15) is 10.2 Å². The topological polar surface area (TPSA) is 95.8 Å². The second-order valence-electron chi connectivity index (χ2n) is 18.5. The molecule has 0 aromatic heterocycles. The summed E-state index contributed by atoms with van der Waals surface area (Å²) >= 11 is 0. The van der Waals surface area contributed by atoms with E-state index in [0.29, 0.717) is 51.1 Å². The van der Waals surface area contributed by atoms with Crippen LogP contribution in [0.25, 0.3) is 11.1 Å². The van der Waals surface area contributed by atoms with Crippen molar-refractivity contribution in [3.8, 4) is 11.5 Å². The molecule has 51 heavy (non-hydrogen) atoms. The Morgan fingerprint density at radius 2 is 0.941 bits per heavy atom. The second kappa shape index (κ2) is 15.1. The van der Waals surface area contributed by atoms with Crippen molar-refractivity contribution in [3.05, 3.63) is 70.2 Å². The predicted molar refractivity (Wildman–Crippen MR) is 204 cm³/mol. The minimum absolute atomic E-state index is 0.176.